The number of ether oxygens (including phenoxy) is 1. The minimum Gasteiger partial charge on any atom is -0.475 e. The average molecular weight is 696 g/mol. The number of nitrogens with zero attached hydrogens (tertiary/aromatic N) is 6. The second-order valence-corrected chi connectivity index (χ2v) is 16.6. The SMILES string of the molecule is Cc1cccc(C)c1-c1cc2nc(n1)NS(=O)(=O)c1cccc(c1)C(=O)N(Cc1cncc(N3CCC[C@H]3C)n1)C(CC1CC(C)(C)C1)CO2. The molecule has 0 spiro atoms. The summed E-state index contributed by atoms with van der Waals surface area (Å²) in [4.78, 5) is 37.3. The minimum atomic E-state index is -4.17. The van der Waals surface area contributed by atoms with Crippen molar-refractivity contribution < 1.29 is 17.9 Å². The van der Waals surface area contributed by atoms with E-state index in [1.165, 1.54) is 12.1 Å². The monoisotopic (exact) mass is 695 g/mol. The highest BCUT2D eigenvalue weighted by Crippen LogP contribution is 2.47. The van der Waals surface area contributed by atoms with Gasteiger partial charge in [0.15, 0.2) is 0 Å². The predicted molar refractivity (Wildman–Crippen MR) is 193 cm³/mol. The molecular formula is C38H45N7O4S. The maximum atomic E-state index is 14.6. The lowest BCUT2D eigenvalue weighted by Crippen LogP contribution is -2.46. The highest BCUT2D eigenvalue weighted by Gasteiger charge is 2.39. The standard InChI is InChI=1S/C38H45N7O4S/c1-24-9-6-10-25(2)35(24)32-17-34-42-37(41-32)43-50(47,48)31-13-7-12-28(16-31)36(46)45(30(23-49-34)15-27-18-38(4,5)19-27)22-29-20-39-21-33(40-29)44-14-8-11-26(44)3/h6-7,9-10,12-13,16-17,20-21,26-27,30H,8,11,14-15,18-19,22-23H2,1-5H3,(H,41,42,43)/t26-,30?/m1/s1. The zero-order chi connectivity index (χ0) is 35.2. The summed E-state index contributed by atoms with van der Waals surface area (Å²) in [6.45, 7) is 12.0. The quantitative estimate of drug-likeness (QED) is 0.238. The fraction of sp³-hybridized carbons (Fsp3) is 0.447. The molecule has 4 bridgehead atoms. The third-order valence-corrected chi connectivity index (χ3v) is 11.6. The van der Waals surface area contributed by atoms with Crippen LogP contribution in [0.4, 0.5) is 11.8 Å². The predicted octanol–water partition coefficient (Wildman–Crippen LogP) is 6.57. The molecular weight excluding hydrogens is 651 g/mol. The number of amides is 1. The first-order valence-corrected chi connectivity index (χ1v) is 18.9. The number of sulfonamides is 1. The van der Waals surface area contributed by atoms with E-state index in [1.807, 2.05) is 32.0 Å². The van der Waals surface area contributed by atoms with E-state index in [9.17, 15) is 13.2 Å². The largest absolute Gasteiger partial charge is 0.475 e. The maximum absolute atomic E-state index is 14.6. The Morgan fingerprint density at radius 1 is 1.00 bits per heavy atom. The lowest BCUT2D eigenvalue weighted by molar-refractivity contribution is 0.0317. The molecule has 1 aliphatic carbocycles. The molecule has 0 radical (unpaired) electrons. The summed E-state index contributed by atoms with van der Waals surface area (Å²) < 4.78 is 36.5. The van der Waals surface area contributed by atoms with Gasteiger partial charge in [-0.15, -0.1) is 0 Å². The van der Waals surface area contributed by atoms with Crippen molar-refractivity contribution in [2.24, 2.45) is 11.3 Å². The second-order valence-electron chi connectivity index (χ2n) is 14.9. The Kier molecular flexibility index (Phi) is 9.00. The summed E-state index contributed by atoms with van der Waals surface area (Å²) in [5.41, 5.74) is 4.55. The van der Waals surface area contributed by atoms with Gasteiger partial charge in [0, 0.05) is 29.8 Å². The molecule has 2 aromatic heterocycles. The normalized spacial score (nSPS) is 21.7. The number of carbonyl (C=O) groups is 1. The molecule has 2 fully saturated rings. The van der Waals surface area contributed by atoms with Crippen LogP contribution < -0.4 is 14.4 Å². The van der Waals surface area contributed by atoms with Crippen LogP contribution in [0, 0.1) is 25.2 Å². The van der Waals surface area contributed by atoms with Crippen molar-refractivity contribution in [2.75, 3.05) is 22.8 Å². The molecule has 1 saturated heterocycles. The van der Waals surface area contributed by atoms with Gasteiger partial charge >= 0.3 is 0 Å². The lowest BCUT2D eigenvalue weighted by Gasteiger charge is -2.45. The van der Waals surface area contributed by atoms with E-state index in [0.29, 0.717) is 29.8 Å². The molecule has 1 N–H and O–H groups in total. The van der Waals surface area contributed by atoms with Gasteiger partial charge in [0.1, 0.15) is 12.4 Å². The maximum Gasteiger partial charge on any atom is 0.264 e. The highest BCUT2D eigenvalue weighted by molar-refractivity contribution is 7.92. The molecule has 2 atom stereocenters. The molecule has 50 heavy (non-hydrogen) atoms. The average Bonchev–Trinajstić information content (AvgIpc) is 3.49. The molecule has 7 rings (SSSR count). The van der Waals surface area contributed by atoms with Gasteiger partial charge in [0.25, 0.3) is 15.9 Å². The van der Waals surface area contributed by atoms with E-state index >= 15 is 0 Å². The number of hydrogen-bond acceptors (Lipinski definition) is 9. The summed E-state index contributed by atoms with van der Waals surface area (Å²) >= 11 is 0. The van der Waals surface area contributed by atoms with Crippen molar-refractivity contribution in [1.29, 1.82) is 0 Å². The van der Waals surface area contributed by atoms with Gasteiger partial charge in [0.2, 0.25) is 11.8 Å². The first kappa shape index (κ1) is 33.9. The molecule has 262 valence electrons. The number of benzene rings is 2. The third kappa shape index (κ3) is 7.03. The molecule has 2 aliphatic heterocycles. The zero-order valence-corrected chi connectivity index (χ0v) is 30.2. The van der Waals surface area contributed by atoms with Crippen LogP contribution in [-0.2, 0) is 16.6 Å². The van der Waals surface area contributed by atoms with Crippen LogP contribution in [0.2, 0.25) is 0 Å². The fourth-order valence-corrected chi connectivity index (χ4v) is 8.97. The topological polar surface area (TPSA) is 131 Å². The Morgan fingerprint density at radius 3 is 2.48 bits per heavy atom. The summed E-state index contributed by atoms with van der Waals surface area (Å²) in [5, 5.41) is 0. The number of aryl methyl sites for hydroxylation is 2. The first-order chi connectivity index (χ1) is 23.8. The van der Waals surface area contributed by atoms with Crippen molar-refractivity contribution in [3.05, 3.63) is 83.3 Å². The number of nitrogens with one attached hydrogen (secondary N) is 1. The number of aromatic nitrogens is 4. The first-order valence-electron chi connectivity index (χ1n) is 17.5. The Balaban J connectivity index is 1.33. The fourth-order valence-electron chi connectivity index (χ4n) is 7.98. The van der Waals surface area contributed by atoms with Gasteiger partial charge in [-0.1, -0.05) is 38.1 Å². The highest BCUT2D eigenvalue weighted by atomic mass is 32.2. The van der Waals surface area contributed by atoms with Gasteiger partial charge in [0.05, 0.1) is 41.3 Å². The van der Waals surface area contributed by atoms with E-state index in [2.05, 4.69) is 45.3 Å². The van der Waals surface area contributed by atoms with Gasteiger partial charge in [-0.3, -0.25) is 9.78 Å². The Morgan fingerprint density at radius 2 is 1.76 bits per heavy atom. The third-order valence-electron chi connectivity index (χ3n) is 10.3. The van der Waals surface area contributed by atoms with Crippen LogP contribution in [0.5, 0.6) is 5.88 Å². The number of anilines is 2. The van der Waals surface area contributed by atoms with E-state index in [0.717, 1.165) is 54.7 Å². The lowest BCUT2D eigenvalue weighted by atomic mass is 9.63. The Bertz CT molecular complexity index is 2010. The van der Waals surface area contributed by atoms with Crippen LogP contribution in [0.25, 0.3) is 11.3 Å². The molecule has 4 aromatic rings. The van der Waals surface area contributed by atoms with E-state index in [-0.39, 0.29) is 52.8 Å². The number of rotatable bonds is 6. The summed E-state index contributed by atoms with van der Waals surface area (Å²) in [6, 6.07) is 13.8. The zero-order valence-electron chi connectivity index (χ0n) is 29.4. The van der Waals surface area contributed by atoms with Gasteiger partial charge in [-0.05, 0) is 93.5 Å². The smallest absolute Gasteiger partial charge is 0.264 e. The van der Waals surface area contributed by atoms with Crippen molar-refractivity contribution in [3.8, 4) is 17.1 Å². The molecule has 1 amide bonds. The van der Waals surface area contributed by atoms with E-state index in [4.69, 9.17) is 9.72 Å². The summed E-state index contributed by atoms with van der Waals surface area (Å²) in [5.74, 6) is 1.01. The molecule has 4 heterocycles. The molecule has 3 aliphatic rings. The summed E-state index contributed by atoms with van der Waals surface area (Å²) in [6.07, 6.45) is 8.48. The van der Waals surface area contributed by atoms with Crippen molar-refractivity contribution in [2.45, 2.75) is 90.2 Å². The number of carbonyl (C=O) groups excluding carboxylic acids is 1. The van der Waals surface area contributed by atoms with Gasteiger partial charge < -0.3 is 14.5 Å². The van der Waals surface area contributed by atoms with E-state index in [1.54, 1.807) is 35.5 Å². The minimum absolute atomic E-state index is 0.0619. The summed E-state index contributed by atoms with van der Waals surface area (Å²) in [7, 11) is -4.17. The van der Waals surface area contributed by atoms with Crippen molar-refractivity contribution >= 4 is 27.7 Å². The van der Waals surface area contributed by atoms with Crippen molar-refractivity contribution in [1.82, 2.24) is 24.8 Å². The van der Waals surface area contributed by atoms with Crippen molar-refractivity contribution in [3.63, 3.8) is 0 Å². The molecule has 1 saturated carbocycles. The van der Waals surface area contributed by atoms with Gasteiger partial charge in [-0.25, -0.2) is 23.1 Å². The van der Waals surface area contributed by atoms with Crippen LogP contribution in [-0.4, -0.2) is 64.4 Å². The van der Waals surface area contributed by atoms with Crippen LogP contribution in [0.15, 0.2) is 65.8 Å². The molecule has 11 nitrogen and oxygen atoms in total. The number of hydrogen-bond donors (Lipinski definition) is 1. The number of fused-ring (bicyclic) bond motifs is 4. The molecule has 12 heteroatoms. The molecule has 1 unspecified atom stereocenters. The second kappa shape index (κ2) is 13.3. The Labute approximate surface area is 294 Å². The Hall–Kier alpha value is -4.58. The van der Waals surface area contributed by atoms with Gasteiger partial charge in [-0.2, -0.15) is 4.98 Å². The molecule has 2 aromatic carbocycles. The van der Waals surface area contributed by atoms with Crippen LogP contribution >= 0.6 is 0 Å². The van der Waals surface area contributed by atoms with Crippen LogP contribution in [0.3, 0.4) is 0 Å². The van der Waals surface area contributed by atoms with Crippen LogP contribution in [0.1, 0.15) is 80.1 Å². The van der Waals surface area contributed by atoms with E-state index < -0.39 is 10.0 Å².